The molecular weight excluding hydrogens is 246 g/mol. The Hall–Kier alpha value is -0.0800. The van der Waals surface area contributed by atoms with E-state index in [1.165, 1.54) is 89.9 Å². The molecule has 2 saturated carbocycles. The molecule has 3 aliphatic rings. The summed E-state index contributed by atoms with van der Waals surface area (Å²) < 4.78 is 6.23. The van der Waals surface area contributed by atoms with Crippen molar-refractivity contribution in [2.45, 2.75) is 108 Å². The Morgan fingerprint density at radius 3 is 2.10 bits per heavy atom. The van der Waals surface area contributed by atoms with E-state index in [0.717, 1.165) is 18.7 Å². The number of rotatable bonds is 2. The van der Waals surface area contributed by atoms with Crippen molar-refractivity contribution in [3.8, 4) is 0 Å². The van der Waals surface area contributed by atoms with Crippen LogP contribution in [-0.2, 0) is 4.74 Å². The van der Waals surface area contributed by atoms with Gasteiger partial charge in [-0.15, -0.1) is 0 Å². The lowest BCUT2D eigenvalue weighted by Crippen LogP contribution is -2.50. The molecule has 3 rings (SSSR count). The van der Waals surface area contributed by atoms with E-state index in [0.29, 0.717) is 0 Å². The fraction of sp³-hybridized carbons (Fsp3) is 1.00. The van der Waals surface area contributed by atoms with E-state index in [1.54, 1.807) is 0 Å². The van der Waals surface area contributed by atoms with Crippen LogP contribution in [0.5, 0.6) is 0 Å². The summed E-state index contributed by atoms with van der Waals surface area (Å²) >= 11 is 0. The van der Waals surface area contributed by atoms with E-state index in [1.807, 2.05) is 0 Å². The fourth-order valence-electron chi connectivity index (χ4n) is 4.67. The first-order chi connectivity index (χ1) is 9.86. The maximum Gasteiger partial charge on any atom is 0.0697 e. The molecule has 0 aromatic carbocycles. The molecule has 1 heterocycles. The average Bonchev–Trinajstić information content (AvgIpc) is 2.43. The van der Waals surface area contributed by atoms with Gasteiger partial charge in [-0.1, -0.05) is 51.4 Å². The van der Waals surface area contributed by atoms with Crippen LogP contribution < -0.4 is 5.32 Å². The van der Waals surface area contributed by atoms with Crippen LogP contribution in [0.1, 0.15) is 89.9 Å². The van der Waals surface area contributed by atoms with Gasteiger partial charge in [0.25, 0.3) is 0 Å². The molecule has 0 amide bonds. The SMILES string of the molecule is C1CCCC(NC2CCOC3(CCCCC3)C2)CCC1. The van der Waals surface area contributed by atoms with E-state index in [9.17, 15) is 0 Å². The molecule has 2 nitrogen and oxygen atoms in total. The first-order valence-electron chi connectivity index (χ1n) is 9.26. The molecule has 0 aromatic heterocycles. The van der Waals surface area contributed by atoms with Crippen molar-refractivity contribution in [1.29, 1.82) is 0 Å². The van der Waals surface area contributed by atoms with Crippen molar-refractivity contribution < 1.29 is 4.74 Å². The largest absolute Gasteiger partial charge is 0.375 e. The highest BCUT2D eigenvalue weighted by Crippen LogP contribution is 2.38. The smallest absolute Gasteiger partial charge is 0.0697 e. The van der Waals surface area contributed by atoms with Crippen molar-refractivity contribution in [3.05, 3.63) is 0 Å². The summed E-state index contributed by atoms with van der Waals surface area (Å²) in [6, 6.07) is 1.52. The molecule has 2 heteroatoms. The van der Waals surface area contributed by atoms with E-state index in [4.69, 9.17) is 4.74 Å². The average molecular weight is 279 g/mol. The summed E-state index contributed by atoms with van der Waals surface area (Å²) in [5.74, 6) is 0. The molecule has 1 atom stereocenters. The van der Waals surface area contributed by atoms with Gasteiger partial charge in [-0.3, -0.25) is 0 Å². The number of hydrogen-bond acceptors (Lipinski definition) is 2. The molecule has 1 saturated heterocycles. The summed E-state index contributed by atoms with van der Waals surface area (Å²) in [6.07, 6.45) is 19.4. The number of hydrogen-bond donors (Lipinski definition) is 1. The minimum atomic E-state index is 0.260. The first kappa shape index (κ1) is 14.8. The molecule has 3 fully saturated rings. The maximum absolute atomic E-state index is 6.23. The van der Waals surface area contributed by atoms with Gasteiger partial charge in [0.05, 0.1) is 5.60 Å². The fourth-order valence-corrected chi connectivity index (χ4v) is 4.67. The summed E-state index contributed by atoms with van der Waals surface area (Å²) in [6.45, 7) is 0.990. The van der Waals surface area contributed by atoms with Crippen molar-refractivity contribution in [2.75, 3.05) is 6.61 Å². The highest BCUT2D eigenvalue weighted by Gasteiger charge is 2.38. The van der Waals surface area contributed by atoms with Gasteiger partial charge in [-0.05, 0) is 38.5 Å². The van der Waals surface area contributed by atoms with E-state index >= 15 is 0 Å². The molecule has 0 bridgehead atoms. The molecule has 0 aromatic rings. The Kier molecular flexibility index (Phi) is 5.39. The van der Waals surface area contributed by atoms with E-state index in [-0.39, 0.29) is 5.60 Å². The number of nitrogens with one attached hydrogen (secondary N) is 1. The van der Waals surface area contributed by atoms with Gasteiger partial charge in [-0.2, -0.15) is 0 Å². The van der Waals surface area contributed by atoms with Crippen LogP contribution in [0.15, 0.2) is 0 Å². The van der Waals surface area contributed by atoms with Crippen LogP contribution in [0.4, 0.5) is 0 Å². The van der Waals surface area contributed by atoms with Gasteiger partial charge in [-0.25, -0.2) is 0 Å². The van der Waals surface area contributed by atoms with Crippen LogP contribution in [0.2, 0.25) is 0 Å². The van der Waals surface area contributed by atoms with Gasteiger partial charge in [0.1, 0.15) is 0 Å². The molecule has 1 N–H and O–H groups in total. The molecule has 2 aliphatic carbocycles. The van der Waals surface area contributed by atoms with Crippen LogP contribution in [-0.4, -0.2) is 24.3 Å². The van der Waals surface area contributed by atoms with Crippen molar-refractivity contribution in [1.82, 2.24) is 5.32 Å². The Labute approximate surface area is 125 Å². The molecule has 1 spiro atoms. The summed E-state index contributed by atoms with van der Waals surface area (Å²) in [7, 11) is 0. The van der Waals surface area contributed by atoms with Gasteiger partial charge < -0.3 is 10.1 Å². The molecule has 116 valence electrons. The van der Waals surface area contributed by atoms with Gasteiger partial charge >= 0.3 is 0 Å². The van der Waals surface area contributed by atoms with E-state index in [2.05, 4.69) is 5.32 Å². The summed E-state index contributed by atoms with van der Waals surface area (Å²) in [5, 5.41) is 4.02. The molecule has 0 radical (unpaired) electrons. The van der Waals surface area contributed by atoms with Crippen molar-refractivity contribution >= 4 is 0 Å². The minimum Gasteiger partial charge on any atom is -0.375 e. The topological polar surface area (TPSA) is 21.3 Å². The lowest BCUT2D eigenvalue weighted by atomic mass is 9.78. The minimum absolute atomic E-state index is 0.260. The zero-order chi connectivity index (χ0) is 13.7. The highest BCUT2D eigenvalue weighted by molar-refractivity contribution is 4.93. The Bertz CT molecular complexity index is 272. The second-order valence-corrected chi connectivity index (χ2v) is 7.49. The Balaban J connectivity index is 1.51. The zero-order valence-electron chi connectivity index (χ0n) is 13.2. The van der Waals surface area contributed by atoms with Crippen LogP contribution in [0.25, 0.3) is 0 Å². The summed E-state index contributed by atoms with van der Waals surface area (Å²) in [5.41, 5.74) is 0.260. The molecule has 20 heavy (non-hydrogen) atoms. The maximum atomic E-state index is 6.23. The highest BCUT2D eigenvalue weighted by atomic mass is 16.5. The molecule has 1 aliphatic heterocycles. The third kappa shape index (κ3) is 3.98. The van der Waals surface area contributed by atoms with Crippen LogP contribution in [0.3, 0.4) is 0 Å². The predicted molar refractivity (Wildman–Crippen MR) is 84.0 cm³/mol. The number of ether oxygens (including phenoxy) is 1. The third-order valence-corrected chi connectivity index (χ3v) is 5.83. The lowest BCUT2D eigenvalue weighted by Gasteiger charge is -2.44. The second kappa shape index (κ2) is 7.26. The standard InChI is InChI=1S/C18H33NO/c1-2-5-9-16(10-6-3-1)19-17-11-14-20-18(15-17)12-7-4-8-13-18/h16-17,19H,1-15H2. The van der Waals surface area contributed by atoms with E-state index < -0.39 is 0 Å². The second-order valence-electron chi connectivity index (χ2n) is 7.49. The Morgan fingerprint density at radius 1 is 0.700 bits per heavy atom. The quantitative estimate of drug-likeness (QED) is 0.799. The van der Waals surface area contributed by atoms with Crippen molar-refractivity contribution in [3.63, 3.8) is 0 Å². The normalized spacial score (nSPS) is 32.7. The summed E-state index contributed by atoms with van der Waals surface area (Å²) in [4.78, 5) is 0. The monoisotopic (exact) mass is 279 g/mol. The molecule has 1 unspecified atom stereocenters. The van der Waals surface area contributed by atoms with Gasteiger partial charge in [0.15, 0.2) is 0 Å². The lowest BCUT2D eigenvalue weighted by molar-refractivity contribution is -0.110. The van der Waals surface area contributed by atoms with Crippen molar-refractivity contribution in [2.24, 2.45) is 0 Å². The van der Waals surface area contributed by atoms with Crippen LogP contribution in [0, 0.1) is 0 Å². The van der Waals surface area contributed by atoms with Gasteiger partial charge in [0.2, 0.25) is 0 Å². The Morgan fingerprint density at radius 2 is 1.35 bits per heavy atom. The van der Waals surface area contributed by atoms with Crippen LogP contribution >= 0.6 is 0 Å². The predicted octanol–water partition coefficient (Wildman–Crippen LogP) is 4.57. The molecular formula is C18H33NO. The first-order valence-corrected chi connectivity index (χ1v) is 9.26. The zero-order valence-corrected chi connectivity index (χ0v) is 13.2. The third-order valence-electron chi connectivity index (χ3n) is 5.83. The van der Waals surface area contributed by atoms with Gasteiger partial charge in [0, 0.05) is 18.7 Å².